The summed E-state index contributed by atoms with van der Waals surface area (Å²) in [5.74, 6) is -0.843. The average Bonchev–Trinajstić information content (AvgIpc) is 2.89. The molecule has 0 saturated carbocycles. The summed E-state index contributed by atoms with van der Waals surface area (Å²) in [7, 11) is 0. The summed E-state index contributed by atoms with van der Waals surface area (Å²) in [4.78, 5) is 31.5. The first kappa shape index (κ1) is 13.9. The number of carbonyl (C=O) groups is 1. The van der Waals surface area contributed by atoms with Crippen molar-refractivity contribution in [3.63, 3.8) is 0 Å². The molecule has 0 spiro atoms. The highest BCUT2D eigenvalue weighted by molar-refractivity contribution is 6.05. The number of benzene rings is 1. The Balaban J connectivity index is 1.96. The number of H-pyrrole nitrogens is 1. The molecule has 2 aromatic heterocycles. The molecule has 0 saturated heterocycles. The molecular formula is C15H14N4O3. The highest BCUT2D eigenvalue weighted by atomic mass is 16.3. The second-order valence-electron chi connectivity index (χ2n) is 4.72. The maximum Gasteiger partial charge on any atom is 0.267 e. The largest absolute Gasteiger partial charge is 0.507 e. The molecule has 0 aliphatic rings. The lowest BCUT2D eigenvalue weighted by molar-refractivity contribution is 0.102. The quantitative estimate of drug-likeness (QED) is 0.685. The number of hydrogen-bond acceptors (Lipinski definition) is 4. The van der Waals surface area contributed by atoms with Gasteiger partial charge in [-0.15, -0.1) is 0 Å². The van der Waals surface area contributed by atoms with Crippen LogP contribution in [0, 0.1) is 0 Å². The van der Waals surface area contributed by atoms with E-state index in [2.05, 4.69) is 15.3 Å². The van der Waals surface area contributed by atoms with E-state index in [4.69, 9.17) is 0 Å². The van der Waals surface area contributed by atoms with E-state index in [9.17, 15) is 14.7 Å². The van der Waals surface area contributed by atoms with Gasteiger partial charge in [-0.1, -0.05) is 12.1 Å². The van der Waals surface area contributed by atoms with Gasteiger partial charge in [0.1, 0.15) is 11.3 Å². The van der Waals surface area contributed by atoms with Gasteiger partial charge in [0.05, 0.1) is 11.0 Å². The van der Waals surface area contributed by atoms with Crippen molar-refractivity contribution in [2.24, 2.45) is 0 Å². The second kappa shape index (κ2) is 5.36. The number of aromatic nitrogens is 3. The van der Waals surface area contributed by atoms with Gasteiger partial charge in [0.25, 0.3) is 11.5 Å². The van der Waals surface area contributed by atoms with E-state index < -0.39 is 11.5 Å². The number of aromatic hydroxyl groups is 1. The number of aryl methyl sites for hydroxylation is 1. The van der Waals surface area contributed by atoms with E-state index in [0.717, 1.165) is 5.52 Å². The van der Waals surface area contributed by atoms with Gasteiger partial charge in [0.2, 0.25) is 5.95 Å². The van der Waals surface area contributed by atoms with Crippen LogP contribution in [0.3, 0.4) is 0 Å². The Hall–Kier alpha value is -3.09. The Kier molecular flexibility index (Phi) is 3.38. The third kappa shape index (κ3) is 2.32. The van der Waals surface area contributed by atoms with E-state index in [1.165, 1.54) is 16.8 Å². The molecule has 2 heterocycles. The van der Waals surface area contributed by atoms with Crippen LogP contribution >= 0.6 is 0 Å². The fourth-order valence-electron chi connectivity index (χ4n) is 2.21. The summed E-state index contributed by atoms with van der Waals surface area (Å²) >= 11 is 0. The molecule has 22 heavy (non-hydrogen) atoms. The zero-order chi connectivity index (χ0) is 15.7. The lowest BCUT2D eigenvalue weighted by Crippen LogP contribution is -2.28. The van der Waals surface area contributed by atoms with Crippen molar-refractivity contribution in [2.45, 2.75) is 13.5 Å². The molecule has 7 heteroatoms. The molecule has 0 aliphatic carbocycles. The zero-order valence-corrected chi connectivity index (χ0v) is 11.8. The Bertz CT molecular complexity index is 878. The monoisotopic (exact) mass is 298 g/mol. The van der Waals surface area contributed by atoms with Gasteiger partial charge in [0.15, 0.2) is 0 Å². The number of rotatable bonds is 3. The third-order valence-electron chi connectivity index (χ3n) is 3.33. The summed E-state index contributed by atoms with van der Waals surface area (Å²) in [6, 6.07) is 8.61. The molecule has 7 nitrogen and oxygen atoms in total. The number of amides is 1. The molecule has 1 amide bonds. The summed E-state index contributed by atoms with van der Waals surface area (Å²) in [6.07, 6.45) is 1.44. The minimum Gasteiger partial charge on any atom is -0.507 e. The van der Waals surface area contributed by atoms with E-state index in [0.29, 0.717) is 12.1 Å². The Morgan fingerprint density at radius 1 is 1.36 bits per heavy atom. The first-order valence-electron chi connectivity index (χ1n) is 6.78. The van der Waals surface area contributed by atoms with Crippen LogP contribution < -0.4 is 10.9 Å². The number of nitrogens with zero attached hydrogens (tertiary/aromatic N) is 2. The minimum atomic E-state index is -0.704. The maximum atomic E-state index is 12.3. The van der Waals surface area contributed by atoms with E-state index in [1.807, 2.05) is 18.2 Å². The highest BCUT2D eigenvalue weighted by Crippen LogP contribution is 2.16. The van der Waals surface area contributed by atoms with Crippen LogP contribution in [0.1, 0.15) is 17.3 Å². The van der Waals surface area contributed by atoms with Crippen LogP contribution in [0.25, 0.3) is 11.0 Å². The molecule has 3 rings (SSSR count). The molecule has 0 unspecified atom stereocenters. The number of pyridine rings is 1. The number of hydrogen-bond donors (Lipinski definition) is 3. The van der Waals surface area contributed by atoms with Crippen LogP contribution in [0.5, 0.6) is 5.75 Å². The summed E-state index contributed by atoms with van der Waals surface area (Å²) in [5, 5.41) is 12.3. The van der Waals surface area contributed by atoms with E-state index >= 15 is 0 Å². The molecule has 1 aromatic carbocycles. The molecular weight excluding hydrogens is 284 g/mol. The summed E-state index contributed by atoms with van der Waals surface area (Å²) in [5.41, 5.74) is 0.614. The second-order valence-corrected chi connectivity index (χ2v) is 4.72. The molecule has 0 bridgehead atoms. The first-order valence-corrected chi connectivity index (χ1v) is 6.78. The lowest BCUT2D eigenvalue weighted by Gasteiger charge is -2.07. The predicted molar refractivity (Wildman–Crippen MR) is 82.1 cm³/mol. The van der Waals surface area contributed by atoms with E-state index in [1.54, 1.807) is 13.0 Å². The zero-order valence-electron chi connectivity index (χ0n) is 11.8. The van der Waals surface area contributed by atoms with Gasteiger partial charge >= 0.3 is 0 Å². The average molecular weight is 298 g/mol. The van der Waals surface area contributed by atoms with Crippen LogP contribution in [0.4, 0.5) is 5.95 Å². The fraction of sp³-hybridized carbons (Fsp3) is 0.133. The van der Waals surface area contributed by atoms with Crippen molar-refractivity contribution in [1.29, 1.82) is 0 Å². The van der Waals surface area contributed by atoms with Crippen molar-refractivity contribution in [2.75, 3.05) is 5.32 Å². The normalized spacial score (nSPS) is 10.8. The van der Waals surface area contributed by atoms with Crippen molar-refractivity contribution in [3.05, 3.63) is 52.4 Å². The topological polar surface area (TPSA) is 100 Å². The summed E-state index contributed by atoms with van der Waals surface area (Å²) in [6.45, 7) is 2.18. The van der Waals surface area contributed by atoms with Gasteiger partial charge in [-0.2, -0.15) is 0 Å². The number of anilines is 1. The van der Waals surface area contributed by atoms with Crippen molar-refractivity contribution in [3.8, 4) is 5.75 Å². The SMILES string of the molecule is CCn1ccc(O)c(C(=O)Nc2nc3ccccc3[nH]2)c1=O. The van der Waals surface area contributed by atoms with Gasteiger partial charge in [-0.3, -0.25) is 14.9 Å². The van der Waals surface area contributed by atoms with Crippen molar-refractivity contribution >= 4 is 22.9 Å². The molecule has 3 aromatic rings. The summed E-state index contributed by atoms with van der Waals surface area (Å²) < 4.78 is 1.34. The Morgan fingerprint density at radius 3 is 2.86 bits per heavy atom. The molecule has 112 valence electrons. The number of fused-ring (bicyclic) bond motifs is 1. The van der Waals surface area contributed by atoms with Gasteiger partial charge in [-0.25, -0.2) is 4.98 Å². The van der Waals surface area contributed by atoms with Crippen molar-refractivity contribution < 1.29 is 9.90 Å². The molecule has 0 aliphatic heterocycles. The molecule has 3 N–H and O–H groups in total. The van der Waals surface area contributed by atoms with Gasteiger partial charge < -0.3 is 14.7 Å². The number of aromatic amines is 1. The van der Waals surface area contributed by atoms with Crippen LogP contribution in [0.15, 0.2) is 41.3 Å². The smallest absolute Gasteiger partial charge is 0.267 e. The first-order chi connectivity index (χ1) is 10.6. The number of nitrogens with one attached hydrogen (secondary N) is 2. The molecule has 0 atom stereocenters. The van der Waals surface area contributed by atoms with Crippen LogP contribution in [0.2, 0.25) is 0 Å². The van der Waals surface area contributed by atoms with Crippen molar-refractivity contribution in [1.82, 2.24) is 14.5 Å². The van der Waals surface area contributed by atoms with Gasteiger partial charge in [0, 0.05) is 12.7 Å². The van der Waals surface area contributed by atoms with E-state index in [-0.39, 0.29) is 17.3 Å². The fourth-order valence-corrected chi connectivity index (χ4v) is 2.21. The standard InChI is InChI=1S/C15H14N4O3/c1-2-19-8-7-11(20)12(14(19)22)13(21)18-15-16-9-5-3-4-6-10(9)17-15/h3-8,20H,2H2,1H3,(H2,16,17,18,21). The van der Waals surface area contributed by atoms with Crippen LogP contribution in [-0.4, -0.2) is 25.5 Å². The number of imidazole rings is 1. The third-order valence-corrected chi connectivity index (χ3v) is 3.33. The molecule has 0 radical (unpaired) electrons. The molecule has 0 fully saturated rings. The van der Waals surface area contributed by atoms with Gasteiger partial charge in [-0.05, 0) is 25.1 Å². The number of para-hydroxylation sites is 2. The highest BCUT2D eigenvalue weighted by Gasteiger charge is 2.18. The van der Waals surface area contributed by atoms with Crippen LogP contribution in [-0.2, 0) is 6.54 Å². The Morgan fingerprint density at radius 2 is 2.14 bits per heavy atom. The number of carbonyl (C=O) groups excluding carboxylic acids is 1. The lowest BCUT2D eigenvalue weighted by atomic mass is 10.2. The maximum absolute atomic E-state index is 12.3. The Labute approximate surface area is 125 Å². The predicted octanol–water partition coefficient (Wildman–Crippen LogP) is 1.70. The minimum absolute atomic E-state index is 0.219.